The highest BCUT2D eigenvalue weighted by Gasteiger charge is 2.14. The fraction of sp³-hybridized carbons (Fsp3) is 0.417. The molecular formula is C12H16O3. The second-order valence-corrected chi connectivity index (χ2v) is 4.21. The minimum absolute atomic E-state index is 0.231. The normalized spacial score (nSPS) is 11.9. The maximum absolute atomic E-state index is 11.3. The van der Waals surface area contributed by atoms with Gasteiger partial charge in [0.2, 0.25) is 0 Å². The lowest BCUT2D eigenvalue weighted by molar-refractivity contribution is -0.153. The number of hydrogen-bond donors (Lipinski definition) is 0. The van der Waals surface area contributed by atoms with E-state index in [0.29, 0.717) is 0 Å². The molecule has 0 atom stereocenters. The van der Waals surface area contributed by atoms with E-state index in [0.717, 1.165) is 5.76 Å². The summed E-state index contributed by atoms with van der Waals surface area (Å²) in [5.74, 6) is 0.504. The predicted octanol–water partition coefficient (Wildman–Crippen LogP) is 3.02. The number of esters is 1. The highest BCUT2D eigenvalue weighted by atomic mass is 16.6. The third-order valence-electron chi connectivity index (χ3n) is 1.53. The summed E-state index contributed by atoms with van der Waals surface area (Å²) in [6.07, 6.45) is 5.34. The fourth-order valence-electron chi connectivity index (χ4n) is 1.04. The highest BCUT2D eigenvalue weighted by molar-refractivity contribution is 5.72. The van der Waals surface area contributed by atoms with Gasteiger partial charge in [0.05, 0.1) is 12.7 Å². The summed E-state index contributed by atoms with van der Waals surface area (Å²) in [6, 6.07) is 3.62. The van der Waals surface area contributed by atoms with Gasteiger partial charge in [-0.2, -0.15) is 0 Å². The van der Waals surface area contributed by atoms with Crippen LogP contribution in [0.4, 0.5) is 0 Å². The molecule has 0 aromatic carbocycles. The molecule has 0 saturated heterocycles. The van der Waals surface area contributed by atoms with E-state index in [9.17, 15) is 4.79 Å². The van der Waals surface area contributed by atoms with Crippen LogP contribution in [-0.2, 0) is 9.53 Å². The number of hydrogen-bond acceptors (Lipinski definition) is 3. The minimum Gasteiger partial charge on any atom is -0.465 e. The van der Waals surface area contributed by atoms with E-state index in [-0.39, 0.29) is 12.4 Å². The van der Waals surface area contributed by atoms with Crippen LogP contribution in [0.3, 0.4) is 0 Å². The van der Waals surface area contributed by atoms with Crippen LogP contribution < -0.4 is 0 Å². The Morgan fingerprint density at radius 3 is 2.80 bits per heavy atom. The van der Waals surface area contributed by atoms with Crippen molar-refractivity contribution in [3.05, 3.63) is 30.2 Å². The molecule has 0 aliphatic carbocycles. The molecule has 1 heterocycles. The van der Waals surface area contributed by atoms with Crippen molar-refractivity contribution in [2.75, 3.05) is 0 Å². The molecule has 0 N–H and O–H groups in total. The average Bonchev–Trinajstić information content (AvgIpc) is 2.53. The van der Waals surface area contributed by atoms with Gasteiger partial charge in [-0.15, -0.1) is 0 Å². The van der Waals surface area contributed by atoms with Crippen molar-refractivity contribution in [2.45, 2.75) is 32.8 Å². The van der Waals surface area contributed by atoms with Crippen LogP contribution in [0.5, 0.6) is 0 Å². The molecule has 0 unspecified atom stereocenters. The molecule has 3 nitrogen and oxygen atoms in total. The van der Waals surface area contributed by atoms with E-state index in [1.165, 1.54) is 0 Å². The minimum atomic E-state index is -0.421. The lowest BCUT2D eigenvalue weighted by atomic mass is 10.2. The van der Waals surface area contributed by atoms with Crippen molar-refractivity contribution in [2.24, 2.45) is 0 Å². The summed E-state index contributed by atoms with van der Waals surface area (Å²) < 4.78 is 10.2. The molecule has 1 aromatic rings. The van der Waals surface area contributed by atoms with Gasteiger partial charge >= 0.3 is 5.97 Å². The quantitative estimate of drug-likeness (QED) is 0.717. The molecule has 0 amide bonds. The van der Waals surface area contributed by atoms with Crippen molar-refractivity contribution in [3.63, 3.8) is 0 Å². The zero-order valence-corrected chi connectivity index (χ0v) is 9.32. The molecule has 0 aliphatic heterocycles. The largest absolute Gasteiger partial charge is 0.465 e. The van der Waals surface area contributed by atoms with Crippen LogP contribution in [-0.4, -0.2) is 11.6 Å². The van der Waals surface area contributed by atoms with Crippen LogP contribution in [0.15, 0.2) is 28.9 Å². The zero-order chi connectivity index (χ0) is 11.3. The van der Waals surface area contributed by atoms with Gasteiger partial charge < -0.3 is 9.15 Å². The van der Waals surface area contributed by atoms with Crippen molar-refractivity contribution in [1.29, 1.82) is 0 Å². The van der Waals surface area contributed by atoms with Gasteiger partial charge in [0.25, 0.3) is 0 Å². The van der Waals surface area contributed by atoms with Gasteiger partial charge in [-0.1, -0.05) is 6.08 Å². The van der Waals surface area contributed by atoms with Crippen LogP contribution in [0, 0.1) is 0 Å². The molecule has 82 valence electrons. The van der Waals surface area contributed by atoms with Crippen molar-refractivity contribution in [3.8, 4) is 0 Å². The second kappa shape index (κ2) is 4.82. The van der Waals surface area contributed by atoms with Gasteiger partial charge in [-0.25, -0.2) is 0 Å². The van der Waals surface area contributed by atoms with E-state index in [1.54, 1.807) is 24.5 Å². The molecule has 1 aromatic heterocycles. The number of carbonyl (C=O) groups is 1. The summed E-state index contributed by atoms with van der Waals surface area (Å²) >= 11 is 0. The smallest absolute Gasteiger partial charge is 0.310 e. The van der Waals surface area contributed by atoms with Crippen LogP contribution in [0.1, 0.15) is 33.0 Å². The van der Waals surface area contributed by atoms with Gasteiger partial charge in [0.1, 0.15) is 11.4 Å². The standard InChI is InChI=1S/C12H16O3/c1-12(2,3)15-11(13)8-4-6-10-7-5-9-14-10/h4-7,9H,8H2,1-3H3/b6-4+. The van der Waals surface area contributed by atoms with Crippen LogP contribution in [0.25, 0.3) is 6.08 Å². The van der Waals surface area contributed by atoms with Crippen LogP contribution >= 0.6 is 0 Å². The summed E-state index contributed by atoms with van der Waals surface area (Å²) in [4.78, 5) is 11.3. The SMILES string of the molecule is CC(C)(C)OC(=O)C/C=C/c1ccco1. The topological polar surface area (TPSA) is 39.4 Å². The Kier molecular flexibility index (Phi) is 3.72. The third-order valence-corrected chi connectivity index (χ3v) is 1.53. The van der Waals surface area contributed by atoms with E-state index >= 15 is 0 Å². The maximum Gasteiger partial charge on any atom is 0.310 e. The summed E-state index contributed by atoms with van der Waals surface area (Å²) in [5.41, 5.74) is -0.421. The average molecular weight is 208 g/mol. The molecule has 0 radical (unpaired) electrons. The third kappa shape index (κ3) is 5.05. The molecule has 1 rings (SSSR count). The fourth-order valence-corrected chi connectivity index (χ4v) is 1.04. The van der Waals surface area contributed by atoms with E-state index in [4.69, 9.17) is 9.15 Å². The first-order chi connectivity index (χ1) is 6.97. The number of carbonyl (C=O) groups excluding carboxylic acids is 1. The first-order valence-corrected chi connectivity index (χ1v) is 4.89. The highest BCUT2D eigenvalue weighted by Crippen LogP contribution is 2.09. The Morgan fingerprint density at radius 1 is 1.53 bits per heavy atom. The molecule has 0 saturated carbocycles. The Labute approximate surface area is 89.7 Å². The summed E-state index contributed by atoms with van der Waals surface area (Å²) in [7, 11) is 0. The first kappa shape index (κ1) is 11.6. The Morgan fingerprint density at radius 2 is 2.27 bits per heavy atom. The Hall–Kier alpha value is -1.51. The number of rotatable bonds is 3. The second-order valence-electron chi connectivity index (χ2n) is 4.21. The van der Waals surface area contributed by atoms with E-state index < -0.39 is 5.60 Å². The lowest BCUT2D eigenvalue weighted by Gasteiger charge is -2.18. The summed E-state index contributed by atoms with van der Waals surface area (Å²) in [6.45, 7) is 5.55. The molecule has 0 spiro atoms. The van der Waals surface area contributed by atoms with Gasteiger partial charge in [-0.3, -0.25) is 4.79 Å². The van der Waals surface area contributed by atoms with E-state index in [2.05, 4.69) is 0 Å². The van der Waals surface area contributed by atoms with Crippen molar-refractivity contribution >= 4 is 12.0 Å². The monoisotopic (exact) mass is 208 g/mol. The van der Waals surface area contributed by atoms with E-state index in [1.807, 2.05) is 26.8 Å². The lowest BCUT2D eigenvalue weighted by Crippen LogP contribution is -2.23. The predicted molar refractivity (Wildman–Crippen MR) is 58.2 cm³/mol. The first-order valence-electron chi connectivity index (χ1n) is 4.89. The Balaban J connectivity index is 2.35. The number of ether oxygens (including phenoxy) is 1. The van der Waals surface area contributed by atoms with Crippen molar-refractivity contribution in [1.82, 2.24) is 0 Å². The molecular weight excluding hydrogens is 192 g/mol. The van der Waals surface area contributed by atoms with Crippen molar-refractivity contribution < 1.29 is 13.9 Å². The van der Waals surface area contributed by atoms with Gasteiger partial charge in [-0.05, 0) is 39.0 Å². The molecule has 3 heteroatoms. The summed E-state index contributed by atoms with van der Waals surface area (Å²) in [5, 5.41) is 0. The number of furan rings is 1. The maximum atomic E-state index is 11.3. The Bertz CT molecular complexity index is 328. The molecule has 0 bridgehead atoms. The molecule has 15 heavy (non-hydrogen) atoms. The molecule has 0 fully saturated rings. The van der Waals surface area contributed by atoms with Gasteiger partial charge in [0, 0.05) is 0 Å². The van der Waals surface area contributed by atoms with Gasteiger partial charge in [0.15, 0.2) is 0 Å². The van der Waals surface area contributed by atoms with Crippen LogP contribution in [0.2, 0.25) is 0 Å². The molecule has 0 aliphatic rings. The zero-order valence-electron chi connectivity index (χ0n) is 9.32.